The summed E-state index contributed by atoms with van der Waals surface area (Å²) in [5.74, 6) is 0. The van der Waals surface area contributed by atoms with Crippen LogP contribution in [0.4, 0.5) is 13.2 Å². The SMILES string of the molecule is OC1(CNCCC(F)(F)F)CCCCCC1. The standard InChI is InChI=1S/C11H20F3NO/c12-11(13,14)7-8-15-9-10(16)5-3-1-2-4-6-10/h15-16H,1-9H2. The molecule has 2 N–H and O–H groups in total. The van der Waals surface area contributed by atoms with Crippen molar-refractivity contribution in [2.45, 2.75) is 56.7 Å². The molecule has 0 aromatic rings. The van der Waals surface area contributed by atoms with E-state index in [4.69, 9.17) is 0 Å². The number of halogens is 3. The molecule has 1 rings (SSSR count). The average molecular weight is 239 g/mol. The van der Waals surface area contributed by atoms with Crippen molar-refractivity contribution in [3.05, 3.63) is 0 Å². The molecule has 0 aromatic carbocycles. The second-order valence-corrected chi connectivity index (χ2v) is 4.68. The molecule has 0 spiro atoms. The van der Waals surface area contributed by atoms with Gasteiger partial charge in [0, 0.05) is 13.1 Å². The predicted octanol–water partition coefficient (Wildman–Crippen LogP) is 2.61. The van der Waals surface area contributed by atoms with Crippen molar-refractivity contribution in [3.8, 4) is 0 Å². The van der Waals surface area contributed by atoms with E-state index in [0.717, 1.165) is 25.7 Å². The molecule has 96 valence electrons. The number of aliphatic hydroxyl groups is 1. The van der Waals surface area contributed by atoms with Crippen LogP contribution in [0.25, 0.3) is 0 Å². The van der Waals surface area contributed by atoms with Crippen molar-refractivity contribution in [2.75, 3.05) is 13.1 Å². The molecule has 0 heterocycles. The summed E-state index contributed by atoms with van der Waals surface area (Å²) in [6, 6.07) is 0. The van der Waals surface area contributed by atoms with E-state index in [-0.39, 0.29) is 13.1 Å². The summed E-state index contributed by atoms with van der Waals surface area (Å²) in [6.45, 7) is 0.175. The van der Waals surface area contributed by atoms with E-state index in [2.05, 4.69) is 5.32 Å². The Labute approximate surface area is 94.2 Å². The van der Waals surface area contributed by atoms with Crippen LogP contribution in [0.5, 0.6) is 0 Å². The molecule has 0 bridgehead atoms. The molecule has 0 atom stereocenters. The van der Waals surface area contributed by atoms with Gasteiger partial charge in [-0.15, -0.1) is 0 Å². The predicted molar refractivity (Wildman–Crippen MR) is 56.2 cm³/mol. The number of hydrogen-bond acceptors (Lipinski definition) is 2. The molecule has 1 aliphatic rings. The number of hydrogen-bond donors (Lipinski definition) is 2. The van der Waals surface area contributed by atoms with Gasteiger partial charge in [0.1, 0.15) is 0 Å². The zero-order valence-corrected chi connectivity index (χ0v) is 9.45. The second kappa shape index (κ2) is 5.87. The molecular weight excluding hydrogens is 219 g/mol. The first-order valence-corrected chi connectivity index (χ1v) is 5.91. The molecule has 0 aromatic heterocycles. The lowest BCUT2D eigenvalue weighted by Gasteiger charge is -2.27. The first-order valence-electron chi connectivity index (χ1n) is 5.91. The fraction of sp³-hybridized carbons (Fsp3) is 1.00. The van der Waals surface area contributed by atoms with E-state index in [1.165, 1.54) is 0 Å². The zero-order valence-electron chi connectivity index (χ0n) is 9.45. The molecule has 1 fully saturated rings. The van der Waals surface area contributed by atoms with E-state index in [1.54, 1.807) is 0 Å². The third-order valence-corrected chi connectivity index (χ3v) is 3.07. The van der Waals surface area contributed by atoms with Crippen LogP contribution in [0.1, 0.15) is 44.9 Å². The Bertz CT molecular complexity index is 198. The highest BCUT2D eigenvalue weighted by Gasteiger charge is 2.29. The third-order valence-electron chi connectivity index (χ3n) is 3.07. The minimum Gasteiger partial charge on any atom is -0.389 e. The van der Waals surface area contributed by atoms with Crippen LogP contribution in [0.2, 0.25) is 0 Å². The third kappa shape index (κ3) is 5.70. The van der Waals surface area contributed by atoms with Crippen LogP contribution in [-0.4, -0.2) is 30.0 Å². The maximum absolute atomic E-state index is 11.9. The van der Waals surface area contributed by atoms with Crippen molar-refractivity contribution in [2.24, 2.45) is 0 Å². The van der Waals surface area contributed by atoms with Crippen molar-refractivity contribution in [1.82, 2.24) is 5.32 Å². The second-order valence-electron chi connectivity index (χ2n) is 4.68. The Morgan fingerprint density at radius 1 is 1.06 bits per heavy atom. The molecule has 1 saturated carbocycles. The van der Waals surface area contributed by atoms with Crippen LogP contribution in [0.15, 0.2) is 0 Å². The fourth-order valence-electron chi connectivity index (χ4n) is 2.11. The van der Waals surface area contributed by atoms with Crippen LogP contribution >= 0.6 is 0 Å². The summed E-state index contributed by atoms with van der Waals surface area (Å²) in [7, 11) is 0. The Morgan fingerprint density at radius 2 is 1.62 bits per heavy atom. The summed E-state index contributed by atoms with van der Waals surface area (Å²) in [5, 5.41) is 12.8. The Kier molecular flexibility index (Phi) is 5.05. The van der Waals surface area contributed by atoms with Gasteiger partial charge in [0.25, 0.3) is 0 Å². The molecule has 0 aliphatic heterocycles. The molecule has 16 heavy (non-hydrogen) atoms. The van der Waals surface area contributed by atoms with Gasteiger partial charge in [-0.25, -0.2) is 0 Å². The largest absolute Gasteiger partial charge is 0.390 e. The molecule has 0 saturated heterocycles. The Hall–Kier alpha value is -0.290. The molecule has 1 aliphatic carbocycles. The molecule has 0 amide bonds. The highest BCUT2D eigenvalue weighted by Crippen LogP contribution is 2.26. The maximum Gasteiger partial charge on any atom is 0.390 e. The van der Waals surface area contributed by atoms with E-state index in [0.29, 0.717) is 12.8 Å². The summed E-state index contributed by atoms with van der Waals surface area (Å²) in [4.78, 5) is 0. The molecule has 0 unspecified atom stereocenters. The topological polar surface area (TPSA) is 32.3 Å². The molecule has 0 radical (unpaired) electrons. The van der Waals surface area contributed by atoms with Gasteiger partial charge in [0.2, 0.25) is 0 Å². The first kappa shape index (κ1) is 13.8. The van der Waals surface area contributed by atoms with Gasteiger partial charge in [-0.05, 0) is 12.8 Å². The number of alkyl halides is 3. The fourth-order valence-corrected chi connectivity index (χ4v) is 2.11. The Morgan fingerprint density at radius 3 is 2.12 bits per heavy atom. The smallest absolute Gasteiger partial charge is 0.389 e. The van der Waals surface area contributed by atoms with Crippen molar-refractivity contribution < 1.29 is 18.3 Å². The summed E-state index contributed by atoms with van der Waals surface area (Å²) < 4.78 is 35.6. The van der Waals surface area contributed by atoms with Gasteiger partial charge in [0.05, 0.1) is 12.0 Å². The van der Waals surface area contributed by atoms with Crippen molar-refractivity contribution in [3.63, 3.8) is 0 Å². The van der Waals surface area contributed by atoms with Gasteiger partial charge >= 0.3 is 6.18 Å². The number of rotatable bonds is 4. The van der Waals surface area contributed by atoms with Crippen LogP contribution in [-0.2, 0) is 0 Å². The maximum atomic E-state index is 11.9. The van der Waals surface area contributed by atoms with E-state index in [1.807, 2.05) is 0 Å². The van der Waals surface area contributed by atoms with E-state index in [9.17, 15) is 18.3 Å². The summed E-state index contributed by atoms with van der Waals surface area (Å²) in [6.07, 6.45) is 0.630. The lowest BCUT2D eigenvalue weighted by molar-refractivity contribution is -0.133. The monoisotopic (exact) mass is 239 g/mol. The number of nitrogens with one attached hydrogen (secondary N) is 1. The minimum absolute atomic E-state index is 0.105. The van der Waals surface area contributed by atoms with E-state index < -0.39 is 18.2 Å². The highest BCUT2D eigenvalue weighted by atomic mass is 19.4. The van der Waals surface area contributed by atoms with Gasteiger partial charge < -0.3 is 10.4 Å². The first-order chi connectivity index (χ1) is 7.41. The van der Waals surface area contributed by atoms with Gasteiger partial charge in [0.15, 0.2) is 0 Å². The lowest BCUT2D eigenvalue weighted by Crippen LogP contribution is -2.41. The summed E-state index contributed by atoms with van der Waals surface area (Å²) in [5.41, 5.74) is -0.790. The average Bonchev–Trinajstić information content (AvgIpc) is 2.37. The van der Waals surface area contributed by atoms with Crippen LogP contribution < -0.4 is 5.32 Å². The lowest BCUT2D eigenvalue weighted by atomic mass is 9.94. The molecular formula is C11H20F3NO. The van der Waals surface area contributed by atoms with Gasteiger partial charge in [-0.2, -0.15) is 13.2 Å². The quantitative estimate of drug-likeness (QED) is 0.584. The van der Waals surface area contributed by atoms with Crippen LogP contribution in [0, 0.1) is 0 Å². The normalized spacial score (nSPS) is 21.8. The molecule has 5 heteroatoms. The highest BCUT2D eigenvalue weighted by molar-refractivity contribution is 4.83. The molecule has 2 nitrogen and oxygen atoms in total. The van der Waals surface area contributed by atoms with Gasteiger partial charge in [-0.1, -0.05) is 25.7 Å². The van der Waals surface area contributed by atoms with E-state index >= 15 is 0 Å². The Balaban J connectivity index is 2.19. The zero-order chi connectivity index (χ0) is 12.1. The van der Waals surface area contributed by atoms with Crippen molar-refractivity contribution in [1.29, 1.82) is 0 Å². The van der Waals surface area contributed by atoms with Crippen LogP contribution in [0.3, 0.4) is 0 Å². The van der Waals surface area contributed by atoms with Gasteiger partial charge in [-0.3, -0.25) is 0 Å². The minimum atomic E-state index is -4.11. The summed E-state index contributed by atoms with van der Waals surface area (Å²) >= 11 is 0. The van der Waals surface area contributed by atoms with Crippen molar-refractivity contribution >= 4 is 0 Å².